The maximum atomic E-state index is 17.1. The Morgan fingerprint density at radius 3 is 2.60 bits per heavy atom. The molecule has 9 rings (SSSR count). The number of hydrogen-bond donors (Lipinski definition) is 3. The van der Waals surface area contributed by atoms with Crippen molar-refractivity contribution >= 4 is 45.2 Å². The Hall–Kier alpha value is -6.18. The zero-order valence-corrected chi connectivity index (χ0v) is 32.8. The third-order valence-electron chi connectivity index (χ3n) is 12.3. The molecular weight excluding hydrogens is 778 g/mol. The molecule has 4 saturated heterocycles. The standard InChI is InChI=1S/C44H43F3N8O5/c1-3-32-35(46)12-7-26-15-31(56)16-33(36(26)32)38-37(47)39-34(18-49-38)40(52-42(51-39)60-23-44-13-4-14-54(44)19-27(45)17-44)53-20-29-10-11-30(21-53)55(29)43(58)59-22-25-5-8-28(9-6-25)50-41(57)24(2)48/h1,5-9,12,15-16,18,24,27,29-30,56H,4,10-11,13-14,17,19-23,48H2,2H3,(H,50,57)/t24-,27+,29?,30?,44-/m0/s1. The third kappa shape index (κ3) is 7.05. The average molecular weight is 821 g/mol. The minimum atomic E-state index is -0.985. The molecule has 0 aliphatic carbocycles. The molecule has 0 saturated carbocycles. The minimum Gasteiger partial charge on any atom is -0.508 e. The third-order valence-corrected chi connectivity index (χ3v) is 12.3. The van der Waals surface area contributed by atoms with Crippen LogP contribution in [0.3, 0.4) is 0 Å². The molecule has 6 heterocycles. The fourth-order valence-corrected chi connectivity index (χ4v) is 9.45. The average Bonchev–Trinajstić information content (AvgIpc) is 3.85. The monoisotopic (exact) mass is 820 g/mol. The van der Waals surface area contributed by atoms with Crippen molar-refractivity contribution in [2.75, 3.05) is 43.0 Å². The fourth-order valence-electron chi connectivity index (χ4n) is 9.45. The van der Waals surface area contributed by atoms with E-state index in [1.807, 2.05) is 4.90 Å². The van der Waals surface area contributed by atoms with Crippen molar-refractivity contribution in [3.63, 3.8) is 0 Å². The Kier molecular flexibility index (Phi) is 10.1. The molecule has 3 aromatic carbocycles. The highest BCUT2D eigenvalue weighted by Crippen LogP contribution is 2.43. The van der Waals surface area contributed by atoms with Gasteiger partial charge >= 0.3 is 12.1 Å². The molecule has 60 heavy (non-hydrogen) atoms. The van der Waals surface area contributed by atoms with Crippen molar-refractivity contribution < 1.29 is 37.3 Å². The van der Waals surface area contributed by atoms with E-state index in [0.717, 1.165) is 24.9 Å². The number of terminal acetylenes is 1. The van der Waals surface area contributed by atoms with E-state index in [4.69, 9.17) is 26.6 Å². The van der Waals surface area contributed by atoms with E-state index in [2.05, 4.69) is 26.1 Å². The molecule has 0 radical (unpaired) electrons. The number of carbonyl (C=O) groups is 2. The van der Waals surface area contributed by atoms with Crippen LogP contribution < -0.4 is 20.7 Å². The summed E-state index contributed by atoms with van der Waals surface area (Å²) in [5.41, 5.74) is 6.07. The zero-order valence-electron chi connectivity index (χ0n) is 32.8. The number of benzene rings is 3. The molecule has 4 fully saturated rings. The van der Waals surface area contributed by atoms with Crippen molar-refractivity contribution in [2.24, 2.45) is 5.73 Å². The van der Waals surface area contributed by atoms with Crippen LogP contribution in [-0.2, 0) is 16.1 Å². The van der Waals surface area contributed by atoms with Crippen LogP contribution >= 0.6 is 0 Å². The highest BCUT2D eigenvalue weighted by atomic mass is 19.1. The van der Waals surface area contributed by atoms with Crippen LogP contribution in [0.15, 0.2) is 54.7 Å². The summed E-state index contributed by atoms with van der Waals surface area (Å²) in [7, 11) is 0. The Morgan fingerprint density at radius 2 is 1.87 bits per heavy atom. The van der Waals surface area contributed by atoms with Crippen molar-refractivity contribution in [3.05, 3.63) is 77.5 Å². The number of nitrogens with one attached hydrogen (secondary N) is 1. The quantitative estimate of drug-likeness (QED) is 0.149. The van der Waals surface area contributed by atoms with Gasteiger partial charge in [0.15, 0.2) is 5.82 Å². The van der Waals surface area contributed by atoms with Crippen molar-refractivity contribution in [1.29, 1.82) is 0 Å². The number of amides is 2. The molecule has 13 nitrogen and oxygen atoms in total. The summed E-state index contributed by atoms with van der Waals surface area (Å²) in [4.78, 5) is 45.3. The number of ether oxygens (including phenoxy) is 2. The molecule has 4 aliphatic heterocycles. The van der Waals surface area contributed by atoms with E-state index in [1.165, 1.54) is 30.5 Å². The molecule has 5 aromatic rings. The number of aromatic nitrogens is 3. The van der Waals surface area contributed by atoms with Gasteiger partial charge in [-0.05, 0) is 80.4 Å². The lowest BCUT2D eigenvalue weighted by atomic mass is 9.95. The smallest absolute Gasteiger partial charge is 0.410 e. The summed E-state index contributed by atoms with van der Waals surface area (Å²) in [6.07, 6.45) is 9.08. The van der Waals surface area contributed by atoms with E-state index in [-0.39, 0.29) is 76.1 Å². The summed E-state index contributed by atoms with van der Waals surface area (Å²) >= 11 is 0. The lowest BCUT2D eigenvalue weighted by Gasteiger charge is -2.41. The highest BCUT2D eigenvalue weighted by molar-refractivity contribution is 6.03. The van der Waals surface area contributed by atoms with Crippen molar-refractivity contribution in [3.8, 4) is 35.4 Å². The first-order chi connectivity index (χ1) is 28.9. The first kappa shape index (κ1) is 39.3. The fraction of sp³-hybridized carbons (Fsp3) is 0.386. The Balaban J connectivity index is 1.02. The minimum absolute atomic E-state index is 0.0244. The number of rotatable bonds is 9. The van der Waals surface area contributed by atoms with E-state index in [9.17, 15) is 19.1 Å². The number of fused-ring (bicyclic) bond motifs is 5. The number of anilines is 2. The van der Waals surface area contributed by atoms with Crippen molar-refractivity contribution in [1.82, 2.24) is 24.8 Å². The molecule has 2 aromatic heterocycles. The predicted octanol–water partition coefficient (Wildman–Crippen LogP) is 6.04. The van der Waals surface area contributed by atoms with Crippen LogP contribution in [0, 0.1) is 24.0 Å². The van der Waals surface area contributed by atoms with Gasteiger partial charge in [-0.15, -0.1) is 6.42 Å². The number of nitrogens with zero attached hydrogens (tertiary/aromatic N) is 6. The van der Waals surface area contributed by atoms with Gasteiger partial charge in [0, 0.05) is 48.9 Å². The van der Waals surface area contributed by atoms with E-state index < -0.39 is 35.5 Å². The van der Waals surface area contributed by atoms with Crippen LogP contribution in [0.4, 0.5) is 29.5 Å². The molecule has 0 spiro atoms. The number of aromatic hydroxyl groups is 1. The first-order valence-corrected chi connectivity index (χ1v) is 20.1. The number of nitrogens with two attached hydrogens (primary N) is 1. The zero-order chi connectivity index (χ0) is 41.9. The van der Waals surface area contributed by atoms with Gasteiger partial charge in [-0.25, -0.2) is 18.0 Å². The highest BCUT2D eigenvalue weighted by Gasteiger charge is 2.50. The van der Waals surface area contributed by atoms with Gasteiger partial charge in [0.25, 0.3) is 0 Å². The second kappa shape index (κ2) is 15.4. The van der Waals surface area contributed by atoms with Gasteiger partial charge in [-0.3, -0.25) is 19.6 Å². The van der Waals surface area contributed by atoms with E-state index >= 15 is 8.78 Å². The predicted molar refractivity (Wildman–Crippen MR) is 218 cm³/mol. The summed E-state index contributed by atoms with van der Waals surface area (Å²) in [5, 5.41) is 14.3. The Bertz CT molecular complexity index is 2560. The maximum Gasteiger partial charge on any atom is 0.410 e. The van der Waals surface area contributed by atoms with E-state index in [0.29, 0.717) is 55.8 Å². The number of alkyl halides is 1. The number of phenolic OH excluding ortho intramolecular Hbond substituents is 1. The van der Waals surface area contributed by atoms with Crippen LogP contribution in [0.2, 0.25) is 0 Å². The van der Waals surface area contributed by atoms with Gasteiger partial charge < -0.3 is 30.5 Å². The van der Waals surface area contributed by atoms with Crippen LogP contribution in [0.1, 0.15) is 50.2 Å². The number of piperazine rings is 1. The number of carbonyl (C=O) groups excluding carboxylic acids is 2. The number of phenols is 1. The summed E-state index contributed by atoms with van der Waals surface area (Å²) < 4.78 is 58.9. The summed E-state index contributed by atoms with van der Waals surface area (Å²) in [6.45, 7) is 3.49. The molecule has 4 N–H and O–H groups in total. The number of pyridine rings is 1. The van der Waals surface area contributed by atoms with Crippen LogP contribution in [0.25, 0.3) is 32.9 Å². The topological polar surface area (TPSA) is 159 Å². The number of halogens is 3. The van der Waals surface area contributed by atoms with Gasteiger partial charge in [0.1, 0.15) is 48.0 Å². The SMILES string of the molecule is C#Cc1c(F)ccc2cc(O)cc(-c3ncc4c(N5CC6CCC(C5)N6C(=O)OCc5ccc(NC(=O)[C@H](C)N)cc5)nc(OC[C@@]56CCCN5C[C@H](F)C6)nc4c3F)c12. The molecule has 2 bridgehead atoms. The lowest BCUT2D eigenvalue weighted by molar-refractivity contribution is -0.117. The van der Waals surface area contributed by atoms with E-state index in [1.54, 1.807) is 36.1 Å². The second-order valence-electron chi connectivity index (χ2n) is 16.3. The van der Waals surface area contributed by atoms with Gasteiger partial charge in [-0.2, -0.15) is 9.97 Å². The summed E-state index contributed by atoms with van der Waals surface area (Å²) in [5.74, 6) is 0.654. The molecular formula is C44H43F3N8O5. The van der Waals surface area contributed by atoms with Gasteiger partial charge in [0.05, 0.1) is 34.6 Å². The van der Waals surface area contributed by atoms with Crippen molar-refractivity contribution in [2.45, 2.75) is 75.5 Å². The molecule has 16 heteroatoms. The normalized spacial score (nSPS) is 22.8. The molecule has 310 valence electrons. The number of hydrogen-bond acceptors (Lipinski definition) is 11. The molecule has 2 amide bonds. The molecule has 2 unspecified atom stereocenters. The van der Waals surface area contributed by atoms with Crippen LogP contribution in [0.5, 0.6) is 11.8 Å². The lowest BCUT2D eigenvalue weighted by Crippen LogP contribution is -2.56. The van der Waals surface area contributed by atoms with Gasteiger partial charge in [-0.1, -0.05) is 24.1 Å². The Morgan fingerprint density at radius 1 is 1.10 bits per heavy atom. The first-order valence-electron chi connectivity index (χ1n) is 20.1. The summed E-state index contributed by atoms with van der Waals surface area (Å²) in [6, 6.07) is 11.0. The second-order valence-corrected chi connectivity index (χ2v) is 16.3. The Labute approximate surface area is 343 Å². The molecule has 4 aliphatic rings. The maximum absolute atomic E-state index is 17.1. The molecule has 5 atom stereocenters. The van der Waals surface area contributed by atoms with Gasteiger partial charge in [0.2, 0.25) is 5.91 Å². The largest absolute Gasteiger partial charge is 0.508 e. The van der Waals surface area contributed by atoms with Crippen LogP contribution in [-0.4, -0.2) is 104 Å².